The van der Waals surface area contributed by atoms with Gasteiger partial charge in [0.1, 0.15) is 5.82 Å². The zero-order valence-electron chi connectivity index (χ0n) is 11.5. The van der Waals surface area contributed by atoms with E-state index in [1.165, 1.54) is 13.0 Å². The number of piperazine rings is 1. The van der Waals surface area contributed by atoms with Gasteiger partial charge in [-0.15, -0.1) is 0 Å². The fraction of sp³-hybridized carbons (Fsp3) is 0.643. The van der Waals surface area contributed by atoms with Gasteiger partial charge in [-0.25, -0.2) is 4.98 Å². The van der Waals surface area contributed by atoms with Crippen molar-refractivity contribution in [3.05, 3.63) is 23.9 Å². The molecule has 2 rings (SSSR count). The van der Waals surface area contributed by atoms with E-state index in [4.69, 9.17) is 5.73 Å². The fourth-order valence-electron chi connectivity index (χ4n) is 2.53. The molecule has 1 fully saturated rings. The van der Waals surface area contributed by atoms with Crippen molar-refractivity contribution in [2.75, 3.05) is 37.6 Å². The Balaban J connectivity index is 2.05. The van der Waals surface area contributed by atoms with Gasteiger partial charge in [-0.1, -0.05) is 13.0 Å². The molecule has 0 bridgehead atoms. The van der Waals surface area contributed by atoms with Crippen LogP contribution in [0.2, 0.25) is 0 Å². The highest BCUT2D eigenvalue weighted by Gasteiger charge is 2.20. The largest absolute Gasteiger partial charge is 0.354 e. The maximum atomic E-state index is 6.02. The lowest BCUT2D eigenvalue weighted by atomic mass is 10.1. The van der Waals surface area contributed by atoms with E-state index in [2.05, 4.69) is 27.8 Å². The minimum absolute atomic E-state index is 0.0439. The lowest BCUT2D eigenvalue weighted by Crippen LogP contribution is -2.47. The molecule has 0 aromatic carbocycles. The maximum absolute atomic E-state index is 6.02. The highest BCUT2D eigenvalue weighted by Crippen LogP contribution is 2.23. The quantitative estimate of drug-likeness (QED) is 0.880. The number of pyridine rings is 1. The van der Waals surface area contributed by atoms with Gasteiger partial charge in [0, 0.05) is 44.0 Å². The van der Waals surface area contributed by atoms with Crippen molar-refractivity contribution < 1.29 is 0 Å². The topological polar surface area (TPSA) is 45.4 Å². The van der Waals surface area contributed by atoms with E-state index < -0.39 is 0 Å². The molecule has 0 unspecified atom stereocenters. The lowest BCUT2D eigenvalue weighted by Gasteiger charge is -2.36. The molecule has 0 amide bonds. The predicted molar refractivity (Wildman–Crippen MR) is 75.8 cm³/mol. The van der Waals surface area contributed by atoms with Crippen molar-refractivity contribution in [2.24, 2.45) is 5.73 Å². The summed E-state index contributed by atoms with van der Waals surface area (Å²) in [5.41, 5.74) is 7.17. The second kappa shape index (κ2) is 6.16. The van der Waals surface area contributed by atoms with Crippen LogP contribution in [0.4, 0.5) is 5.82 Å². The molecule has 4 heteroatoms. The molecule has 1 aromatic rings. The highest BCUT2D eigenvalue weighted by atomic mass is 15.3. The van der Waals surface area contributed by atoms with Crippen LogP contribution in [0, 0.1) is 0 Å². The molecule has 0 saturated carbocycles. The Morgan fingerprint density at radius 3 is 2.67 bits per heavy atom. The van der Waals surface area contributed by atoms with Crippen LogP contribution in [0.1, 0.15) is 31.9 Å². The van der Waals surface area contributed by atoms with Gasteiger partial charge in [-0.3, -0.25) is 4.90 Å². The van der Waals surface area contributed by atoms with E-state index in [9.17, 15) is 0 Å². The fourth-order valence-corrected chi connectivity index (χ4v) is 2.53. The normalized spacial score (nSPS) is 18.9. The van der Waals surface area contributed by atoms with Crippen LogP contribution in [0.25, 0.3) is 0 Å². The first-order chi connectivity index (χ1) is 8.72. The van der Waals surface area contributed by atoms with Gasteiger partial charge in [0.05, 0.1) is 0 Å². The molecule has 1 aliphatic heterocycles. The van der Waals surface area contributed by atoms with Crippen molar-refractivity contribution in [3.8, 4) is 0 Å². The molecule has 4 nitrogen and oxygen atoms in total. The van der Waals surface area contributed by atoms with E-state index in [0.29, 0.717) is 0 Å². The molecule has 1 aliphatic rings. The van der Waals surface area contributed by atoms with Gasteiger partial charge in [-0.2, -0.15) is 0 Å². The van der Waals surface area contributed by atoms with Crippen LogP contribution >= 0.6 is 0 Å². The summed E-state index contributed by atoms with van der Waals surface area (Å²) in [5, 5.41) is 0. The van der Waals surface area contributed by atoms with Crippen LogP contribution < -0.4 is 10.6 Å². The lowest BCUT2D eigenvalue weighted by molar-refractivity contribution is 0.257. The predicted octanol–water partition coefficient (Wildman–Crippen LogP) is 1.63. The van der Waals surface area contributed by atoms with Gasteiger partial charge < -0.3 is 10.6 Å². The van der Waals surface area contributed by atoms with E-state index in [1.807, 2.05) is 19.2 Å². The zero-order chi connectivity index (χ0) is 13.0. The Morgan fingerprint density at radius 1 is 1.33 bits per heavy atom. The number of aromatic nitrogens is 1. The molecule has 1 saturated heterocycles. The first-order valence-electron chi connectivity index (χ1n) is 6.90. The minimum atomic E-state index is 0.0439. The Bertz CT molecular complexity index is 370. The SMILES string of the molecule is CCCN1CCN(c2ncccc2[C@@H](C)N)CC1. The number of rotatable bonds is 4. The average Bonchev–Trinajstić information content (AvgIpc) is 2.40. The molecular weight excluding hydrogens is 224 g/mol. The molecule has 2 N–H and O–H groups in total. The van der Waals surface area contributed by atoms with Gasteiger partial charge in [0.2, 0.25) is 0 Å². The monoisotopic (exact) mass is 248 g/mol. The Hall–Kier alpha value is -1.13. The molecule has 0 spiro atoms. The molecule has 100 valence electrons. The van der Waals surface area contributed by atoms with Crippen molar-refractivity contribution in [1.29, 1.82) is 0 Å². The van der Waals surface area contributed by atoms with Crippen LogP contribution in [0.3, 0.4) is 0 Å². The van der Waals surface area contributed by atoms with E-state index in [1.54, 1.807) is 0 Å². The number of nitrogens with zero attached hydrogens (tertiary/aromatic N) is 3. The summed E-state index contributed by atoms with van der Waals surface area (Å²) in [6.07, 6.45) is 3.09. The second-order valence-corrected chi connectivity index (χ2v) is 5.03. The van der Waals surface area contributed by atoms with Crippen molar-refractivity contribution >= 4 is 5.82 Å². The molecule has 2 heterocycles. The van der Waals surface area contributed by atoms with E-state index >= 15 is 0 Å². The Labute approximate surface area is 110 Å². The summed E-state index contributed by atoms with van der Waals surface area (Å²) in [4.78, 5) is 9.41. The third kappa shape index (κ3) is 3.00. The van der Waals surface area contributed by atoms with Crippen molar-refractivity contribution in [2.45, 2.75) is 26.3 Å². The third-order valence-electron chi connectivity index (χ3n) is 3.52. The standard InChI is InChI=1S/C14H24N4/c1-3-7-17-8-10-18(11-9-17)14-13(12(2)15)5-4-6-16-14/h4-6,12H,3,7-11,15H2,1-2H3/t12-/m1/s1. The smallest absolute Gasteiger partial charge is 0.133 e. The van der Waals surface area contributed by atoms with Crippen molar-refractivity contribution in [3.63, 3.8) is 0 Å². The summed E-state index contributed by atoms with van der Waals surface area (Å²) in [6.45, 7) is 9.82. The van der Waals surface area contributed by atoms with Crippen LogP contribution in [0.5, 0.6) is 0 Å². The Kier molecular flexibility index (Phi) is 4.55. The first kappa shape index (κ1) is 13.3. The van der Waals surface area contributed by atoms with Crippen molar-refractivity contribution in [1.82, 2.24) is 9.88 Å². The summed E-state index contributed by atoms with van der Waals surface area (Å²) >= 11 is 0. The summed E-state index contributed by atoms with van der Waals surface area (Å²) in [6, 6.07) is 4.10. The number of hydrogen-bond donors (Lipinski definition) is 1. The highest BCUT2D eigenvalue weighted by molar-refractivity contribution is 5.48. The number of hydrogen-bond acceptors (Lipinski definition) is 4. The molecule has 1 atom stereocenters. The summed E-state index contributed by atoms with van der Waals surface area (Å²) in [5.74, 6) is 1.07. The first-order valence-corrected chi connectivity index (χ1v) is 6.90. The van der Waals surface area contributed by atoms with E-state index in [0.717, 1.165) is 37.6 Å². The molecule has 0 aliphatic carbocycles. The Morgan fingerprint density at radius 2 is 2.06 bits per heavy atom. The van der Waals surface area contributed by atoms with E-state index in [-0.39, 0.29) is 6.04 Å². The second-order valence-electron chi connectivity index (χ2n) is 5.03. The number of anilines is 1. The van der Waals surface area contributed by atoms with Gasteiger partial charge in [0.15, 0.2) is 0 Å². The van der Waals surface area contributed by atoms with Gasteiger partial charge >= 0.3 is 0 Å². The zero-order valence-corrected chi connectivity index (χ0v) is 11.5. The van der Waals surface area contributed by atoms with Crippen LogP contribution in [-0.2, 0) is 0 Å². The number of nitrogens with two attached hydrogens (primary N) is 1. The van der Waals surface area contributed by atoms with Crippen LogP contribution in [0.15, 0.2) is 18.3 Å². The third-order valence-corrected chi connectivity index (χ3v) is 3.52. The molecular formula is C14H24N4. The van der Waals surface area contributed by atoms with Crippen LogP contribution in [-0.4, -0.2) is 42.6 Å². The maximum Gasteiger partial charge on any atom is 0.133 e. The average molecular weight is 248 g/mol. The minimum Gasteiger partial charge on any atom is -0.354 e. The molecule has 1 aromatic heterocycles. The van der Waals surface area contributed by atoms with Gasteiger partial charge in [0.25, 0.3) is 0 Å². The molecule has 18 heavy (non-hydrogen) atoms. The summed E-state index contributed by atoms with van der Waals surface area (Å²) < 4.78 is 0. The summed E-state index contributed by atoms with van der Waals surface area (Å²) in [7, 11) is 0. The molecule has 0 radical (unpaired) electrons. The van der Waals surface area contributed by atoms with Gasteiger partial charge in [-0.05, 0) is 26.0 Å².